The van der Waals surface area contributed by atoms with Crippen LogP contribution in [-0.2, 0) is 0 Å². The summed E-state index contributed by atoms with van der Waals surface area (Å²) in [6.07, 6.45) is 0. The lowest BCUT2D eigenvalue weighted by atomic mass is 10.3. The van der Waals surface area contributed by atoms with Crippen LogP contribution in [0.3, 0.4) is 0 Å². The molecule has 0 fully saturated rings. The van der Waals surface area contributed by atoms with E-state index in [2.05, 4.69) is 5.16 Å². The molecule has 0 saturated heterocycles. The molecule has 4 heteroatoms. The Morgan fingerprint density at radius 2 is 1.53 bits per heavy atom. The molecule has 1 N–H and O–H groups in total. The van der Waals surface area contributed by atoms with Crippen LogP contribution in [0.25, 0.3) is 0 Å². The van der Waals surface area contributed by atoms with Crippen molar-refractivity contribution >= 4 is 5.71 Å². The fourth-order valence-electron chi connectivity index (χ4n) is 1.45. The van der Waals surface area contributed by atoms with Crippen molar-refractivity contribution in [3.8, 4) is 17.2 Å². The minimum Gasteiger partial charge on any atom is -0.488 e. The van der Waals surface area contributed by atoms with Crippen molar-refractivity contribution in [2.24, 2.45) is 5.16 Å². The van der Waals surface area contributed by atoms with E-state index >= 15 is 0 Å². The number of benzene rings is 2. The Hall–Kier alpha value is -2.49. The van der Waals surface area contributed by atoms with E-state index in [1.807, 2.05) is 54.6 Å². The SMILES string of the molecule is CC(COc1ccc(Oc2ccccc2)cc1)=NO. The van der Waals surface area contributed by atoms with Crippen molar-refractivity contribution in [3.63, 3.8) is 0 Å². The normalized spacial score (nSPS) is 11.1. The summed E-state index contributed by atoms with van der Waals surface area (Å²) in [5, 5.41) is 11.6. The number of hydrogen-bond acceptors (Lipinski definition) is 4. The summed E-state index contributed by atoms with van der Waals surface area (Å²) in [4.78, 5) is 0. The Morgan fingerprint density at radius 1 is 0.947 bits per heavy atom. The number of rotatable bonds is 5. The van der Waals surface area contributed by atoms with E-state index in [1.165, 1.54) is 0 Å². The summed E-state index contributed by atoms with van der Waals surface area (Å²) < 4.78 is 11.1. The molecule has 0 aliphatic carbocycles. The van der Waals surface area contributed by atoms with Crippen LogP contribution < -0.4 is 9.47 Å². The molecule has 0 aliphatic heterocycles. The Morgan fingerprint density at radius 3 is 2.16 bits per heavy atom. The van der Waals surface area contributed by atoms with E-state index in [4.69, 9.17) is 14.7 Å². The number of para-hydroxylation sites is 1. The van der Waals surface area contributed by atoms with Gasteiger partial charge in [0, 0.05) is 0 Å². The largest absolute Gasteiger partial charge is 0.488 e. The van der Waals surface area contributed by atoms with E-state index in [-0.39, 0.29) is 6.61 Å². The molecule has 0 saturated carbocycles. The van der Waals surface area contributed by atoms with Gasteiger partial charge in [0.05, 0.1) is 5.71 Å². The van der Waals surface area contributed by atoms with Crippen LogP contribution in [0.2, 0.25) is 0 Å². The summed E-state index contributed by atoms with van der Waals surface area (Å²) in [7, 11) is 0. The second-order valence-electron chi connectivity index (χ2n) is 4.01. The van der Waals surface area contributed by atoms with Crippen molar-refractivity contribution in [1.29, 1.82) is 0 Å². The van der Waals surface area contributed by atoms with E-state index in [1.54, 1.807) is 6.92 Å². The monoisotopic (exact) mass is 257 g/mol. The third-order valence-corrected chi connectivity index (χ3v) is 2.42. The van der Waals surface area contributed by atoms with E-state index in [0.29, 0.717) is 11.5 Å². The molecule has 0 aliphatic rings. The highest BCUT2D eigenvalue weighted by molar-refractivity contribution is 5.82. The molecule has 2 rings (SSSR count). The Kier molecular flexibility index (Phi) is 4.39. The molecule has 0 heterocycles. The minimum atomic E-state index is 0.259. The predicted octanol–water partition coefficient (Wildman–Crippen LogP) is 3.71. The van der Waals surface area contributed by atoms with Crippen molar-refractivity contribution in [2.75, 3.05) is 6.61 Å². The van der Waals surface area contributed by atoms with Gasteiger partial charge >= 0.3 is 0 Å². The van der Waals surface area contributed by atoms with Crippen LogP contribution >= 0.6 is 0 Å². The summed E-state index contributed by atoms with van der Waals surface area (Å²) in [6, 6.07) is 16.8. The first-order valence-electron chi connectivity index (χ1n) is 5.91. The third-order valence-electron chi connectivity index (χ3n) is 2.42. The molecule has 0 bridgehead atoms. The van der Waals surface area contributed by atoms with Crippen LogP contribution in [0.15, 0.2) is 59.8 Å². The zero-order chi connectivity index (χ0) is 13.5. The molecule has 98 valence electrons. The fraction of sp³-hybridized carbons (Fsp3) is 0.133. The maximum atomic E-state index is 8.51. The summed E-state index contributed by atoms with van der Waals surface area (Å²) >= 11 is 0. The van der Waals surface area contributed by atoms with Gasteiger partial charge in [-0.1, -0.05) is 23.4 Å². The molecule has 0 amide bonds. The van der Waals surface area contributed by atoms with Gasteiger partial charge in [-0.2, -0.15) is 0 Å². The van der Waals surface area contributed by atoms with Gasteiger partial charge in [0.1, 0.15) is 23.9 Å². The average molecular weight is 257 g/mol. The second kappa shape index (κ2) is 6.44. The lowest BCUT2D eigenvalue weighted by Gasteiger charge is -2.07. The van der Waals surface area contributed by atoms with Crippen LogP contribution in [0.4, 0.5) is 0 Å². The highest BCUT2D eigenvalue weighted by Gasteiger charge is 1.99. The smallest absolute Gasteiger partial charge is 0.129 e. The molecule has 2 aromatic carbocycles. The van der Waals surface area contributed by atoms with Gasteiger partial charge in [0.15, 0.2) is 0 Å². The van der Waals surface area contributed by atoms with Gasteiger partial charge in [-0.3, -0.25) is 0 Å². The summed E-state index contributed by atoms with van der Waals surface area (Å²) in [5.41, 5.74) is 0.518. The zero-order valence-electron chi connectivity index (χ0n) is 10.6. The molecule has 0 unspecified atom stereocenters. The molecule has 4 nitrogen and oxygen atoms in total. The zero-order valence-corrected chi connectivity index (χ0v) is 10.6. The molecule has 2 aromatic rings. The summed E-state index contributed by atoms with van der Waals surface area (Å²) in [5.74, 6) is 2.23. The standard InChI is InChI=1S/C15H15NO3/c1-12(16-17)11-18-13-7-9-15(10-8-13)19-14-5-3-2-4-6-14/h2-10,17H,11H2,1H3. The molecule has 0 atom stereocenters. The van der Waals surface area contributed by atoms with Crippen LogP contribution in [0, 0.1) is 0 Å². The lowest BCUT2D eigenvalue weighted by molar-refractivity contribution is 0.307. The molecule has 0 aromatic heterocycles. The highest BCUT2D eigenvalue weighted by atomic mass is 16.5. The average Bonchev–Trinajstić information content (AvgIpc) is 2.47. The maximum absolute atomic E-state index is 8.51. The number of oxime groups is 1. The molecule has 0 radical (unpaired) electrons. The number of ether oxygens (including phenoxy) is 2. The van der Waals surface area contributed by atoms with Gasteiger partial charge in [0.25, 0.3) is 0 Å². The van der Waals surface area contributed by atoms with E-state index in [9.17, 15) is 0 Å². The van der Waals surface area contributed by atoms with E-state index < -0.39 is 0 Å². The molecular weight excluding hydrogens is 242 g/mol. The van der Waals surface area contributed by atoms with Gasteiger partial charge in [-0.25, -0.2) is 0 Å². The van der Waals surface area contributed by atoms with E-state index in [0.717, 1.165) is 11.5 Å². The Bertz CT molecular complexity index is 535. The minimum absolute atomic E-state index is 0.259. The Balaban J connectivity index is 1.95. The van der Waals surface area contributed by atoms with Gasteiger partial charge < -0.3 is 14.7 Å². The predicted molar refractivity (Wildman–Crippen MR) is 73.3 cm³/mol. The van der Waals surface area contributed by atoms with Gasteiger partial charge in [0.2, 0.25) is 0 Å². The highest BCUT2D eigenvalue weighted by Crippen LogP contribution is 2.23. The summed E-state index contributed by atoms with van der Waals surface area (Å²) in [6.45, 7) is 1.95. The first kappa shape index (κ1) is 13.0. The first-order valence-corrected chi connectivity index (χ1v) is 5.91. The van der Waals surface area contributed by atoms with Crippen molar-refractivity contribution < 1.29 is 14.7 Å². The quantitative estimate of drug-likeness (QED) is 0.504. The number of hydrogen-bond donors (Lipinski definition) is 1. The topological polar surface area (TPSA) is 51.0 Å². The molecule has 0 spiro atoms. The second-order valence-corrected chi connectivity index (χ2v) is 4.01. The van der Waals surface area contributed by atoms with Gasteiger partial charge in [-0.05, 0) is 43.3 Å². The number of nitrogens with zero attached hydrogens (tertiary/aromatic N) is 1. The van der Waals surface area contributed by atoms with Crippen molar-refractivity contribution in [2.45, 2.75) is 6.92 Å². The first-order chi connectivity index (χ1) is 9.28. The van der Waals surface area contributed by atoms with Crippen LogP contribution in [0.5, 0.6) is 17.2 Å². The van der Waals surface area contributed by atoms with Crippen LogP contribution in [-0.4, -0.2) is 17.5 Å². The van der Waals surface area contributed by atoms with Gasteiger partial charge in [-0.15, -0.1) is 0 Å². The molecule has 19 heavy (non-hydrogen) atoms. The molecular formula is C15H15NO3. The third kappa shape index (κ3) is 4.03. The van der Waals surface area contributed by atoms with Crippen molar-refractivity contribution in [1.82, 2.24) is 0 Å². The fourth-order valence-corrected chi connectivity index (χ4v) is 1.45. The lowest BCUT2D eigenvalue weighted by Crippen LogP contribution is -2.07. The van der Waals surface area contributed by atoms with Crippen molar-refractivity contribution in [3.05, 3.63) is 54.6 Å². The van der Waals surface area contributed by atoms with Crippen LogP contribution in [0.1, 0.15) is 6.92 Å². The Labute approximate surface area is 111 Å². The maximum Gasteiger partial charge on any atom is 0.129 e.